The third-order valence-electron chi connectivity index (χ3n) is 2.61. The van der Waals surface area contributed by atoms with Gasteiger partial charge in [0.15, 0.2) is 5.78 Å². The minimum atomic E-state index is -0.394. The smallest absolute Gasteiger partial charge is 0.162 e. The summed E-state index contributed by atoms with van der Waals surface area (Å²) >= 11 is 0. The Bertz CT molecular complexity index is 512. The summed E-state index contributed by atoms with van der Waals surface area (Å²) in [6, 6.07) is 9.40. The number of nitriles is 1. The number of Topliss-reactive ketones (excluding diaryl/α,β-unsaturated/α-hetero) is 1. The average molecular weight is 242 g/mol. The van der Waals surface area contributed by atoms with Crippen molar-refractivity contribution in [2.45, 2.75) is 19.8 Å². The van der Waals surface area contributed by atoms with Crippen molar-refractivity contribution in [1.29, 1.82) is 5.26 Å². The van der Waals surface area contributed by atoms with E-state index in [1.54, 1.807) is 6.07 Å². The Morgan fingerprint density at radius 3 is 3.00 bits per heavy atom. The molecule has 0 aliphatic heterocycles. The van der Waals surface area contributed by atoms with Gasteiger partial charge in [0.1, 0.15) is 0 Å². The maximum Gasteiger partial charge on any atom is 0.162 e. The van der Waals surface area contributed by atoms with Gasteiger partial charge in [-0.2, -0.15) is 5.26 Å². The van der Waals surface area contributed by atoms with Crippen LogP contribution >= 0.6 is 0 Å². The van der Waals surface area contributed by atoms with Gasteiger partial charge >= 0.3 is 0 Å². The fourth-order valence-electron chi connectivity index (χ4n) is 1.60. The van der Waals surface area contributed by atoms with Gasteiger partial charge in [-0.1, -0.05) is 28.9 Å². The summed E-state index contributed by atoms with van der Waals surface area (Å²) in [6.07, 6.45) is 0.713. The fraction of sp³-hybridized carbons (Fsp3) is 0.385. The summed E-state index contributed by atoms with van der Waals surface area (Å²) in [5.74, 6) is -0.380. The number of ketones is 1. The van der Waals surface area contributed by atoms with Gasteiger partial charge in [-0.3, -0.25) is 4.79 Å². The molecule has 92 valence electrons. The SMILES string of the molecule is Cc1cccc(C(=O)CCC(C#N)CN=[N+]=[N-])c1. The molecule has 0 spiro atoms. The molecule has 0 aliphatic rings. The largest absolute Gasteiger partial charge is 0.294 e. The van der Waals surface area contributed by atoms with Crippen LogP contribution in [0.2, 0.25) is 0 Å². The first kappa shape index (κ1) is 13.8. The first-order valence-corrected chi connectivity index (χ1v) is 5.67. The lowest BCUT2D eigenvalue weighted by Gasteiger charge is -2.05. The zero-order valence-corrected chi connectivity index (χ0v) is 10.2. The Hall–Kier alpha value is -2.31. The van der Waals surface area contributed by atoms with E-state index in [9.17, 15) is 4.79 Å². The Morgan fingerprint density at radius 2 is 2.39 bits per heavy atom. The molecule has 1 aromatic rings. The Kier molecular flexibility index (Phi) is 5.43. The van der Waals surface area contributed by atoms with Crippen LogP contribution in [0.3, 0.4) is 0 Å². The average Bonchev–Trinajstić information content (AvgIpc) is 2.38. The third kappa shape index (κ3) is 4.28. The normalized spacial score (nSPS) is 11.1. The van der Waals surface area contributed by atoms with Crippen molar-refractivity contribution < 1.29 is 4.79 Å². The van der Waals surface area contributed by atoms with Gasteiger partial charge in [0, 0.05) is 23.4 Å². The zero-order valence-electron chi connectivity index (χ0n) is 10.2. The van der Waals surface area contributed by atoms with Crippen LogP contribution in [0.15, 0.2) is 29.4 Å². The molecule has 5 heteroatoms. The molecule has 0 aliphatic carbocycles. The van der Waals surface area contributed by atoms with Crippen molar-refractivity contribution in [1.82, 2.24) is 0 Å². The summed E-state index contributed by atoms with van der Waals surface area (Å²) < 4.78 is 0. The fourth-order valence-corrected chi connectivity index (χ4v) is 1.60. The topological polar surface area (TPSA) is 89.6 Å². The molecule has 0 N–H and O–H groups in total. The second-order valence-corrected chi connectivity index (χ2v) is 4.07. The lowest BCUT2D eigenvalue weighted by molar-refractivity contribution is 0.0976. The third-order valence-corrected chi connectivity index (χ3v) is 2.61. The number of carbonyl (C=O) groups is 1. The summed E-state index contributed by atoms with van der Waals surface area (Å²) in [7, 11) is 0. The molecule has 1 rings (SSSR count). The highest BCUT2D eigenvalue weighted by atomic mass is 16.1. The highest BCUT2D eigenvalue weighted by molar-refractivity contribution is 5.96. The zero-order chi connectivity index (χ0) is 13.4. The summed E-state index contributed by atoms with van der Waals surface area (Å²) in [5, 5.41) is 12.2. The van der Waals surface area contributed by atoms with Crippen molar-refractivity contribution in [2.75, 3.05) is 6.54 Å². The van der Waals surface area contributed by atoms with Crippen LogP contribution < -0.4 is 0 Å². The highest BCUT2D eigenvalue weighted by Gasteiger charge is 2.11. The number of aryl methyl sites for hydroxylation is 1. The minimum absolute atomic E-state index is 0.0138. The number of rotatable bonds is 6. The predicted octanol–water partition coefficient (Wildman–Crippen LogP) is 3.41. The van der Waals surface area contributed by atoms with Crippen LogP contribution in [0.4, 0.5) is 0 Å². The molecule has 0 heterocycles. The van der Waals surface area contributed by atoms with Crippen LogP contribution in [0.25, 0.3) is 10.4 Å². The molecule has 0 saturated carbocycles. The van der Waals surface area contributed by atoms with E-state index in [4.69, 9.17) is 10.8 Å². The van der Waals surface area contributed by atoms with Gasteiger partial charge in [0.2, 0.25) is 0 Å². The molecule has 0 fully saturated rings. The summed E-state index contributed by atoms with van der Waals surface area (Å²) in [5.41, 5.74) is 9.88. The molecule has 0 saturated heterocycles. The van der Waals surface area contributed by atoms with Crippen LogP contribution in [-0.2, 0) is 0 Å². The Morgan fingerprint density at radius 1 is 1.61 bits per heavy atom. The van der Waals surface area contributed by atoms with Crippen LogP contribution in [-0.4, -0.2) is 12.3 Å². The Balaban J connectivity index is 2.55. The van der Waals surface area contributed by atoms with E-state index in [0.29, 0.717) is 18.4 Å². The molecule has 0 aromatic heterocycles. The molecule has 1 atom stereocenters. The molecule has 1 aromatic carbocycles. The first-order chi connectivity index (χ1) is 8.67. The van der Waals surface area contributed by atoms with Crippen molar-refractivity contribution in [3.8, 4) is 6.07 Å². The second kappa shape index (κ2) is 7.10. The van der Waals surface area contributed by atoms with Gasteiger partial charge in [-0.05, 0) is 24.9 Å². The second-order valence-electron chi connectivity index (χ2n) is 4.07. The van der Waals surface area contributed by atoms with E-state index in [2.05, 4.69) is 10.0 Å². The predicted molar refractivity (Wildman–Crippen MR) is 67.9 cm³/mol. The van der Waals surface area contributed by atoms with Crippen LogP contribution in [0, 0.1) is 24.2 Å². The van der Waals surface area contributed by atoms with E-state index < -0.39 is 5.92 Å². The van der Waals surface area contributed by atoms with E-state index in [1.807, 2.05) is 31.2 Å². The highest BCUT2D eigenvalue weighted by Crippen LogP contribution is 2.12. The lowest BCUT2D eigenvalue weighted by atomic mass is 9.99. The molecule has 0 bridgehead atoms. The van der Waals surface area contributed by atoms with E-state index in [0.717, 1.165) is 5.56 Å². The Labute approximate surface area is 106 Å². The number of azide groups is 1. The van der Waals surface area contributed by atoms with Gasteiger partial charge in [0.05, 0.1) is 12.0 Å². The maximum absolute atomic E-state index is 11.9. The van der Waals surface area contributed by atoms with Crippen molar-refractivity contribution >= 4 is 5.78 Å². The van der Waals surface area contributed by atoms with E-state index >= 15 is 0 Å². The number of hydrogen-bond acceptors (Lipinski definition) is 3. The minimum Gasteiger partial charge on any atom is -0.294 e. The summed E-state index contributed by atoms with van der Waals surface area (Å²) in [6.45, 7) is 2.05. The molecule has 0 amide bonds. The van der Waals surface area contributed by atoms with E-state index in [-0.39, 0.29) is 12.3 Å². The van der Waals surface area contributed by atoms with Crippen molar-refractivity contribution in [2.24, 2.45) is 11.0 Å². The molecule has 1 unspecified atom stereocenters. The van der Waals surface area contributed by atoms with Crippen molar-refractivity contribution in [3.63, 3.8) is 0 Å². The molecule has 0 radical (unpaired) electrons. The van der Waals surface area contributed by atoms with Gasteiger partial charge in [0.25, 0.3) is 0 Å². The van der Waals surface area contributed by atoms with Gasteiger partial charge in [-0.25, -0.2) is 0 Å². The molecule has 18 heavy (non-hydrogen) atoms. The van der Waals surface area contributed by atoms with Crippen molar-refractivity contribution in [3.05, 3.63) is 45.8 Å². The number of hydrogen-bond donors (Lipinski definition) is 0. The number of benzene rings is 1. The van der Waals surface area contributed by atoms with Crippen LogP contribution in [0.5, 0.6) is 0 Å². The quantitative estimate of drug-likeness (QED) is 0.331. The first-order valence-electron chi connectivity index (χ1n) is 5.67. The standard InChI is InChI=1S/C13H14N4O/c1-10-3-2-4-12(7-10)13(18)6-5-11(8-14)9-16-17-15/h2-4,7,11H,5-6,9H2,1H3. The van der Waals surface area contributed by atoms with Gasteiger partial charge in [-0.15, -0.1) is 0 Å². The van der Waals surface area contributed by atoms with Gasteiger partial charge < -0.3 is 0 Å². The monoisotopic (exact) mass is 242 g/mol. The van der Waals surface area contributed by atoms with E-state index in [1.165, 1.54) is 0 Å². The maximum atomic E-state index is 11.9. The molecule has 5 nitrogen and oxygen atoms in total. The van der Waals surface area contributed by atoms with Crippen LogP contribution in [0.1, 0.15) is 28.8 Å². The number of nitrogens with zero attached hydrogens (tertiary/aromatic N) is 4. The summed E-state index contributed by atoms with van der Waals surface area (Å²) in [4.78, 5) is 14.5. The number of carbonyl (C=O) groups excluding carboxylic acids is 1. The molecular weight excluding hydrogens is 228 g/mol. The lowest BCUT2D eigenvalue weighted by Crippen LogP contribution is -2.06. The molecular formula is C13H14N4O.